The van der Waals surface area contributed by atoms with Gasteiger partial charge >= 0.3 is 0 Å². The van der Waals surface area contributed by atoms with Gasteiger partial charge in [0, 0.05) is 13.6 Å². The molecule has 0 unspecified atom stereocenters. The Hall–Kier alpha value is -1.29. The number of benzene rings is 1. The first kappa shape index (κ1) is 13.7. The second kappa shape index (κ2) is 6.24. The van der Waals surface area contributed by atoms with Crippen LogP contribution in [0.25, 0.3) is 0 Å². The molecule has 3 nitrogen and oxygen atoms in total. The van der Waals surface area contributed by atoms with Crippen molar-refractivity contribution in [3.05, 3.63) is 35.6 Å². The predicted molar refractivity (Wildman–Crippen MR) is 61.9 cm³/mol. The Bertz CT molecular complexity index is 313. The number of hydrogen-bond donors (Lipinski definition) is 2. The Morgan fingerprint density at radius 1 is 1.40 bits per heavy atom. The summed E-state index contributed by atoms with van der Waals surface area (Å²) in [6.45, 7) is 0.668. The Kier molecular flexibility index (Phi) is 5.70. The van der Waals surface area contributed by atoms with Crippen molar-refractivity contribution in [3.63, 3.8) is 0 Å². The summed E-state index contributed by atoms with van der Waals surface area (Å²) < 4.78 is 12.5. The van der Waals surface area contributed by atoms with Crippen LogP contribution in [0.1, 0.15) is 5.56 Å². The van der Waals surface area contributed by atoms with E-state index in [4.69, 9.17) is 11.1 Å². The lowest BCUT2D eigenvalue weighted by atomic mass is 10.1. The van der Waals surface area contributed by atoms with Gasteiger partial charge in [-0.05, 0) is 24.1 Å². The summed E-state index contributed by atoms with van der Waals surface area (Å²) in [5, 5.41) is 7.14. The normalized spacial score (nSPS) is 9.20. The van der Waals surface area contributed by atoms with Crippen LogP contribution in [-0.2, 0) is 6.42 Å². The van der Waals surface area contributed by atoms with Crippen molar-refractivity contribution in [1.82, 2.24) is 4.90 Å². The SMILES string of the molecule is CN(CCc1ccc(F)cc1)C(=N)N.Cl. The van der Waals surface area contributed by atoms with Gasteiger partial charge in [0.1, 0.15) is 5.82 Å². The van der Waals surface area contributed by atoms with Crippen LogP contribution in [0.3, 0.4) is 0 Å². The number of nitrogens with zero attached hydrogens (tertiary/aromatic N) is 1. The van der Waals surface area contributed by atoms with Crippen molar-refractivity contribution in [1.29, 1.82) is 5.41 Å². The van der Waals surface area contributed by atoms with Gasteiger partial charge in [0.05, 0.1) is 0 Å². The largest absolute Gasteiger partial charge is 0.370 e. The molecule has 1 rings (SSSR count). The van der Waals surface area contributed by atoms with Crippen LogP contribution in [0.2, 0.25) is 0 Å². The molecule has 84 valence electrons. The molecule has 15 heavy (non-hydrogen) atoms. The van der Waals surface area contributed by atoms with Gasteiger partial charge in [0.25, 0.3) is 0 Å². The Balaban J connectivity index is 0.00000196. The Morgan fingerprint density at radius 2 is 1.93 bits per heavy atom. The van der Waals surface area contributed by atoms with E-state index in [9.17, 15) is 4.39 Å². The molecule has 0 aromatic heterocycles. The summed E-state index contributed by atoms with van der Waals surface area (Å²) in [7, 11) is 1.76. The maximum absolute atomic E-state index is 12.5. The van der Waals surface area contributed by atoms with Gasteiger partial charge in [-0.2, -0.15) is 0 Å². The summed E-state index contributed by atoms with van der Waals surface area (Å²) in [5.41, 5.74) is 6.31. The minimum Gasteiger partial charge on any atom is -0.370 e. The smallest absolute Gasteiger partial charge is 0.188 e. The van der Waals surface area contributed by atoms with Crippen LogP contribution < -0.4 is 5.73 Å². The summed E-state index contributed by atoms with van der Waals surface area (Å²) in [6.07, 6.45) is 0.760. The zero-order valence-corrected chi connectivity index (χ0v) is 9.35. The molecule has 0 heterocycles. The average molecular weight is 232 g/mol. The van der Waals surface area contributed by atoms with Gasteiger partial charge in [-0.15, -0.1) is 12.4 Å². The van der Waals surface area contributed by atoms with Gasteiger partial charge in [-0.1, -0.05) is 12.1 Å². The highest BCUT2D eigenvalue weighted by atomic mass is 35.5. The van der Waals surface area contributed by atoms with Crippen LogP contribution in [0.15, 0.2) is 24.3 Å². The summed E-state index contributed by atoms with van der Waals surface area (Å²) in [5.74, 6) is -0.180. The molecule has 0 bridgehead atoms. The van der Waals surface area contributed by atoms with Crippen molar-refractivity contribution < 1.29 is 4.39 Å². The van der Waals surface area contributed by atoms with Crippen molar-refractivity contribution in [2.45, 2.75) is 6.42 Å². The molecule has 0 amide bonds. The number of rotatable bonds is 3. The average Bonchev–Trinajstić information content (AvgIpc) is 2.16. The quantitative estimate of drug-likeness (QED) is 0.614. The van der Waals surface area contributed by atoms with Gasteiger partial charge in [-0.3, -0.25) is 5.41 Å². The molecule has 0 fully saturated rings. The van der Waals surface area contributed by atoms with E-state index in [1.54, 1.807) is 24.1 Å². The van der Waals surface area contributed by atoms with Crippen molar-refractivity contribution >= 4 is 18.4 Å². The topological polar surface area (TPSA) is 53.1 Å². The molecule has 1 aromatic carbocycles. The third-order valence-corrected chi connectivity index (χ3v) is 2.06. The minimum absolute atomic E-state index is 0. The number of halogens is 2. The van der Waals surface area contributed by atoms with E-state index >= 15 is 0 Å². The number of nitrogens with two attached hydrogens (primary N) is 1. The van der Waals surface area contributed by atoms with Crippen LogP contribution in [0.5, 0.6) is 0 Å². The molecule has 0 spiro atoms. The van der Waals surface area contributed by atoms with E-state index in [1.807, 2.05) is 0 Å². The van der Waals surface area contributed by atoms with Crippen LogP contribution in [0, 0.1) is 11.2 Å². The highest BCUT2D eigenvalue weighted by Crippen LogP contribution is 2.03. The van der Waals surface area contributed by atoms with E-state index in [0.29, 0.717) is 6.54 Å². The van der Waals surface area contributed by atoms with Crippen molar-refractivity contribution in [3.8, 4) is 0 Å². The first-order valence-electron chi connectivity index (χ1n) is 4.39. The van der Waals surface area contributed by atoms with Gasteiger partial charge in [-0.25, -0.2) is 4.39 Å². The molecular weight excluding hydrogens is 217 g/mol. The highest BCUT2D eigenvalue weighted by Gasteiger charge is 2.00. The monoisotopic (exact) mass is 231 g/mol. The van der Waals surface area contributed by atoms with E-state index in [0.717, 1.165) is 12.0 Å². The maximum atomic E-state index is 12.5. The summed E-state index contributed by atoms with van der Waals surface area (Å²) in [6, 6.07) is 6.35. The second-order valence-corrected chi connectivity index (χ2v) is 3.18. The molecule has 5 heteroatoms. The fourth-order valence-electron chi connectivity index (χ4n) is 1.07. The Labute approximate surface area is 95.0 Å². The summed E-state index contributed by atoms with van der Waals surface area (Å²) >= 11 is 0. The lowest BCUT2D eigenvalue weighted by molar-refractivity contribution is 0.499. The van der Waals surface area contributed by atoms with Gasteiger partial charge < -0.3 is 10.6 Å². The molecule has 3 N–H and O–H groups in total. The standard InChI is InChI=1S/C10H14FN3.ClH/c1-14(10(12)13)7-6-8-2-4-9(11)5-3-8;/h2-5H,6-7H2,1H3,(H3,12,13);1H. The predicted octanol–water partition coefficient (Wildman–Crippen LogP) is 1.62. The highest BCUT2D eigenvalue weighted by molar-refractivity contribution is 5.85. The second-order valence-electron chi connectivity index (χ2n) is 3.18. The Morgan fingerprint density at radius 3 is 2.40 bits per heavy atom. The third-order valence-electron chi connectivity index (χ3n) is 2.06. The fraction of sp³-hybridized carbons (Fsp3) is 0.300. The lowest BCUT2D eigenvalue weighted by Crippen LogP contribution is -2.34. The zero-order chi connectivity index (χ0) is 10.6. The number of likely N-dealkylation sites (N-methyl/N-ethyl adjacent to an activating group) is 1. The molecule has 0 aliphatic heterocycles. The molecule has 1 aromatic rings. The molecule has 0 radical (unpaired) electrons. The fourth-order valence-corrected chi connectivity index (χ4v) is 1.07. The number of guanidine groups is 1. The van der Waals surface area contributed by atoms with Crippen molar-refractivity contribution in [2.24, 2.45) is 5.73 Å². The lowest BCUT2D eigenvalue weighted by Gasteiger charge is -2.16. The molecule has 0 aliphatic carbocycles. The van der Waals surface area contributed by atoms with E-state index in [2.05, 4.69) is 0 Å². The van der Waals surface area contributed by atoms with E-state index in [1.165, 1.54) is 12.1 Å². The van der Waals surface area contributed by atoms with Crippen LogP contribution in [-0.4, -0.2) is 24.5 Å². The molecule has 0 atom stereocenters. The number of hydrogen-bond acceptors (Lipinski definition) is 1. The third kappa shape index (κ3) is 4.65. The molecule has 0 saturated carbocycles. The molecular formula is C10H15ClFN3. The van der Waals surface area contributed by atoms with Crippen LogP contribution >= 0.6 is 12.4 Å². The van der Waals surface area contributed by atoms with Crippen LogP contribution in [0.4, 0.5) is 4.39 Å². The van der Waals surface area contributed by atoms with Gasteiger partial charge in [0.15, 0.2) is 5.96 Å². The van der Waals surface area contributed by atoms with Crippen molar-refractivity contribution in [2.75, 3.05) is 13.6 Å². The molecule has 0 saturated heterocycles. The first-order valence-corrected chi connectivity index (χ1v) is 4.39. The maximum Gasteiger partial charge on any atom is 0.188 e. The first-order chi connectivity index (χ1) is 6.59. The van der Waals surface area contributed by atoms with E-state index in [-0.39, 0.29) is 24.2 Å². The zero-order valence-electron chi connectivity index (χ0n) is 8.53. The minimum atomic E-state index is -0.228. The van der Waals surface area contributed by atoms with Gasteiger partial charge in [0.2, 0.25) is 0 Å². The number of nitrogens with one attached hydrogen (secondary N) is 1. The molecule has 0 aliphatic rings. The summed E-state index contributed by atoms with van der Waals surface area (Å²) in [4.78, 5) is 1.64. The van der Waals surface area contributed by atoms with E-state index < -0.39 is 0 Å².